The molecular weight excluding hydrogens is 367 g/mol. The number of aryl methyl sites for hydroxylation is 1. The topological polar surface area (TPSA) is 59.2 Å². The minimum absolute atomic E-state index is 0.310. The zero-order valence-corrected chi connectivity index (χ0v) is 14.8. The van der Waals surface area contributed by atoms with Gasteiger partial charge in [-0.15, -0.1) is 0 Å². The fraction of sp³-hybridized carbons (Fsp3) is 0.222. The lowest BCUT2D eigenvalue weighted by Gasteiger charge is -2.17. The number of hydrogen-bond acceptors (Lipinski definition) is 3. The largest absolute Gasteiger partial charge is 0.416 e. The van der Waals surface area contributed by atoms with Crippen LogP contribution in [0.5, 0.6) is 0 Å². The van der Waals surface area contributed by atoms with Gasteiger partial charge in [0, 0.05) is 22.7 Å². The summed E-state index contributed by atoms with van der Waals surface area (Å²) in [4.78, 5) is 3.05. The van der Waals surface area contributed by atoms with E-state index in [4.69, 9.17) is 4.18 Å². The number of aromatic nitrogens is 1. The molecular formula is C18H16F3NO3S. The van der Waals surface area contributed by atoms with Crippen LogP contribution in [0, 0.1) is 6.92 Å². The molecule has 8 heteroatoms. The van der Waals surface area contributed by atoms with Gasteiger partial charge in [-0.05, 0) is 36.2 Å². The zero-order valence-electron chi connectivity index (χ0n) is 14.0. The molecule has 0 amide bonds. The summed E-state index contributed by atoms with van der Waals surface area (Å²) in [6.45, 7) is 1.92. The van der Waals surface area contributed by atoms with Gasteiger partial charge in [0.1, 0.15) is 6.10 Å². The Morgan fingerprint density at radius 1 is 1.08 bits per heavy atom. The summed E-state index contributed by atoms with van der Waals surface area (Å²) in [5, 5.41) is 0.740. The lowest BCUT2D eigenvalue weighted by atomic mass is 9.99. The Kier molecular flexibility index (Phi) is 4.58. The summed E-state index contributed by atoms with van der Waals surface area (Å²) in [5.41, 5.74) is 1.83. The molecule has 0 saturated carbocycles. The summed E-state index contributed by atoms with van der Waals surface area (Å²) in [7, 11) is -3.85. The number of H-pyrrole nitrogens is 1. The fourth-order valence-electron chi connectivity index (χ4n) is 2.79. The molecule has 0 aliphatic carbocycles. The molecule has 4 nitrogen and oxygen atoms in total. The number of halogens is 3. The summed E-state index contributed by atoms with van der Waals surface area (Å²) in [5.74, 6) is 0. The van der Waals surface area contributed by atoms with Crippen LogP contribution in [-0.4, -0.2) is 19.7 Å². The molecule has 1 aromatic heterocycles. The van der Waals surface area contributed by atoms with Crippen molar-refractivity contribution in [2.24, 2.45) is 0 Å². The molecule has 0 aliphatic rings. The van der Waals surface area contributed by atoms with E-state index in [1.165, 1.54) is 12.1 Å². The number of rotatable bonds is 4. The molecule has 1 atom stereocenters. The van der Waals surface area contributed by atoms with Crippen molar-refractivity contribution < 1.29 is 25.8 Å². The predicted octanol–water partition coefficient (Wildman–Crippen LogP) is 4.56. The highest BCUT2D eigenvalue weighted by atomic mass is 32.2. The molecule has 0 fully saturated rings. The molecule has 3 rings (SSSR count). The van der Waals surface area contributed by atoms with Crippen molar-refractivity contribution in [3.63, 3.8) is 0 Å². The van der Waals surface area contributed by atoms with Gasteiger partial charge in [0.2, 0.25) is 0 Å². The second-order valence-electron chi connectivity index (χ2n) is 6.09. The molecule has 1 unspecified atom stereocenters. The van der Waals surface area contributed by atoms with Gasteiger partial charge in [-0.3, -0.25) is 4.18 Å². The maximum atomic E-state index is 12.8. The number of nitrogens with one attached hydrogen (secondary N) is 1. The molecule has 0 spiro atoms. The maximum absolute atomic E-state index is 12.8. The first-order valence-corrected chi connectivity index (χ1v) is 9.49. The Bertz CT molecular complexity index is 1040. The first-order valence-electron chi connectivity index (χ1n) is 7.67. The van der Waals surface area contributed by atoms with Crippen LogP contribution in [0.25, 0.3) is 10.9 Å². The van der Waals surface area contributed by atoms with Gasteiger partial charge in [-0.1, -0.05) is 24.3 Å². The molecule has 1 heterocycles. The molecule has 0 bridgehead atoms. The monoisotopic (exact) mass is 383 g/mol. The number of alkyl halides is 3. The number of aromatic amines is 1. The lowest BCUT2D eigenvalue weighted by molar-refractivity contribution is -0.137. The normalized spacial score (nSPS) is 13.9. The third-order valence-corrected chi connectivity index (χ3v) is 4.51. The van der Waals surface area contributed by atoms with Gasteiger partial charge in [0.15, 0.2) is 0 Å². The van der Waals surface area contributed by atoms with E-state index in [0.717, 1.165) is 34.9 Å². The van der Waals surface area contributed by atoms with E-state index in [1.54, 1.807) is 6.20 Å². The van der Waals surface area contributed by atoms with Crippen LogP contribution < -0.4 is 0 Å². The van der Waals surface area contributed by atoms with Crippen LogP contribution in [0.15, 0.2) is 48.7 Å². The Balaban J connectivity index is 2.11. The Morgan fingerprint density at radius 3 is 2.31 bits per heavy atom. The highest BCUT2D eigenvalue weighted by molar-refractivity contribution is 7.86. The first kappa shape index (κ1) is 18.5. The van der Waals surface area contributed by atoms with Crippen LogP contribution >= 0.6 is 0 Å². The third-order valence-electron chi connectivity index (χ3n) is 3.96. The minimum Gasteiger partial charge on any atom is -0.361 e. The highest BCUT2D eigenvalue weighted by Gasteiger charge is 2.31. The molecule has 1 N–H and O–H groups in total. The number of benzene rings is 2. The van der Waals surface area contributed by atoms with Gasteiger partial charge in [0.05, 0.1) is 11.8 Å². The van der Waals surface area contributed by atoms with Crippen molar-refractivity contribution in [3.05, 3.63) is 70.9 Å². The van der Waals surface area contributed by atoms with Crippen LogP contribution in [0.4, 0.5) is 13.2 Å². The molecule has 0 radical (unpaired) electrons. The van der Waals surface area contributed by atoms with E-state index in [9.17, 15) is 21.6 Å². The van der Waals surface area contributed by atoms with E-state index < -0.39 is 28.0 Å². The average Bonchev–Trinajstić information content (AvgIpc) is 2.94. The van der Waals surface area contributed by atoms with E-state index in [-0.39, 0.29) is 0 Å². The second kappa shape index (κ2) is 6.44. The van der Waals surface area contributed by atoms with Crippen molar-refractivity contribution in [2.75, 3.05) is 6.26 Å². The SMILES string of the molecule is Cc1ccc2c(C(OS(C)(=O)=O)c3ccc(C(F)(F)F)cc3)c[nH]c2c1. The van der Waals surface area contributed by atoms with Crippen molar-refractivity contribution in [3.8, 4) is 0 Å². The molecule has 138 valence electrons. The van der Waals surface area contributed by atoms with Crippen molar-refractivity contribution in [1.29, 1.82) is 0 Å². The van der Waals surface area contributed by atoms with Gasteiger partial charge in [0.25, 0.3) is 10.1 Å². The molecule has 2 aromatic carbocycles. The van der Waals surface area contributed by atoms with Gasteiger partial charge in [-0.2, -0.15) is 21.6 Å². The molecule has 0 saturated heterocycles. The highest BCUT2D eigenvalue weighted by Crippen LogP contribution is 2.35. The minimum atomic E-state index is -4.47. The second-order valence-corrected chi connectivity index (χ2v) is 7.69. The van der Waals surface area contributed by atoms with E-state index in [0.29, 0.717) is 11.1 Å². The summed E-state index contributed by atoms with van der Waals surface area (Å²) < 4.78 is 67.0. The van der Waals surface area contributed by atoms with Crippen LogP contribution in [0.1, 0.15) is 28.4 Å². The van der Waals surface area contributed by atoms with E-state index in [1.807, 2.05) is 25.1 Å². The smallest absolute Gasteiger partial charge is 0.361 e. The van der Waals surface area contributed by atoms with Crippen LogP contribution in [0.3, 0.4) is 0 Å². The van der Waals surface area contributed by atoms with Gasteiger partial charge in [-0.25, -0.2) is 0 Å². The summed E-state index contributed by atoms with van der Waals surface area (Å²) in [6.07, 6.45) is -3.01. The van der Waals surface area contributed by atoms with Crippen LogP contribution in [-0.2, 0) is 20.5 Å². The Labute approximate surface area is 148 Å². The predicted molar refractivity (Wildman–Crippen MR) is 92.3 cm³/mol. The average molecular weight is 383 g/mol. The lowest BCUT2D eigenvalue weighted by Crippen LogP contribution is -2.12. The van der Waals surface area contributed by atoms with Crippen LogP contribution in [0.2, 0.25) is 0 Å². The van der Waals surface area contributed by atoms with Gasteiger partial charge >= 0.3 is 6.18 Å². The first-order chi connectivity index (χ1) is 12.0. The maximum Gasteiger partial charge on any atom is 0.416 e. The number of hydrogen-bond donors (Lipinski definition) is 1. The Morgan fingerprint density at radius 2 is 1.73 bits per heavy atom. The Hall–Kier alpha value is -2.32. The summed E-state index contributed by atoms with van der Waals surface area (Å²) in [6, 6.07) is 9.85. The van der Waals surface area contributed by atoms with Gasteiger partial charge < -0.3 is 4.98 Å². The van der Waals surface area contributed by atoms with Crippen molar-refractivity contribution in [2.45, 2.75) is 19.2 Å². The van der Waals surface area contributed by atoms with E-state index in [2.05, 4.69) is 4.98 Å². The van der Waals surface area contributed by atoms with Crippen molar-refractivity contribution >= 4 is 21.0 Å². The number of fused-ring (bicyclic) bond motifs is 1. The third kappa shape index (κ3) is 3.91. The summed E-state index contributed by atoms with van der Waals surface area (Å²) >= 11 is 0. The quantitative estimate of drug-likeness (QED) is 0.672. The molecule has 3 aromatic rings. The molecule has 26 heavy (non-hydrogen) atoms. The van der Waals surface area contributed by atoms with Crippen molar-refractivity contribution in [1.82, 2.24) is 4.98 Å². The van der Waals surface area contributed by atoms with E-state index >= 15 is 0 Å². The fourth-order valence-corrected chi connectivity index (χ4v) is 3.35. The zero-order chi connectivity index (χ0) is 19.1. The standard InChI is InChI=1S/C18H16F3NO3S/c1-11-3-8-14-15(10-22-16(14)9-11)17(25-26(2,23)24)12-4-6-13(7-5-12)18(19,20)21/h3-10,17,22H,1-2H3. The molecule has 0 aliphatic heterocycles.